The van der Waals surface area contributed by atoms with Crippen molar-refractivity contribution >= 4 is 30.3 Å². The molecule has 0 spiro atoms. The van der Waals surface area contributed by atoms with Gasteiger partial charge in [-0.3, -0.25) is 14.5 Å². The first kappa shape index (κ1) is 19.7. The Bertz CT molecular complexity index is 462. The number of amides is 4. The van der Waals surface area contributed by atoms with Crippen LogP contribution in [-0.4, -0.2) is 65.9 Å². The number of nitrogens with one attached hydrogen (secondary N) is 2. The first-order chi connectivity index (χ1) is 10.4. The van der Waals surface area contributed by atoms with E-state index in [4.69, 9.17) is 0 Å². The summed E-state index contributed by atoms with van der Waals surface area (Å²) in [7, 11) is 1.75. The highest BCUT2D eigenvalue weighted by atomic mass is 35.5. The van der Waals surface area contributed by atoms with Gasteiger partial charge in [0.15, 0.2) is 0 Å². The lowest BCUT2D eigenvalue weighted by Crippen LogP contribution is -2.49. The molecule has 0 bridgehead atoms. The van der Waals surface area contributed by atoms with Gasteiger partial charge in [0.05, 0.1) is 0 Å². The molecular weight excluding hydrogens is 320 g/mol. The lowest BCUT2D eigenvalue weighted by molar-refractivity contribution is -0.139. The molecule has 8 heteroatoms. The molecule has 0 atom stereocenters. The van der Waals surface area contributed by atoms with Crippen molar-refractivity contribution in [2.75, 3.05) is 26.7 Å². The third-order valence-corrected chi connectivity index (χ3v) is 5.00. The highest BCUT2D eigenvalue weighted by molar-refractivity contribution is 6.08. The van der Waals surface area contributed by atoms with E-state index in [2.05, 4.69) is 10.6 Å². The fourth-order valence-electron chi connectivity index (χ4n) is 3.19. The first-order valence-corrected chi connectivity index (χ1v) is 8.05. The third-order valence-electron chi connectivity index (χ3n) is 5.00. The van der Waals surface area contributed by atoms with E-state index in [1.165, 1.54) is 0 Å². The van der Waals surface area contributed by atoms with E-state index in [9.17, 15) is 14.4 Å². The van der Waals surface area contributed by atoms with Crippen molar-refractivity contribution in [1.82, 2.24) is 20.4 Å². The summed E-state index contributed by atoms with van der Waals surface area (Å²) in [6.45, 7) is 5.34. The van der Waals surface area contributed by atoms with Gasteiger partial charge in [0.2, 0.25) is 5.91 Å². The zero-order valence-electron chi connectivity index (χ0n) is 14.1. The molecule has 4 amide bonds. The predicted octanol–water partition coefficient (Wildman–Crippen LogP) is 0.729. The van der Waals surface area contributed by atoms with Crippen LogP contribution in [0.15, 0.2) is 0 Å². The number of halogens is 1. The number of carbonyl (C=O) groups excluding carboxylic acids is 3. The van der Waals surface area contributed by atoms with Crippen LogP contribution in [0.25, 0.3) is 0 Å². The lowest BCUT2D eigenvalue weighted by atomic mass is 9.93. The lowest BCUT2D eigenvalue weighted by Gasteiger charge is -2.32. The van der Waals surface area contributed by atoms with Crippen LogP contribution in [0.1, 0.15) is 39.5 Å². The van der Waals surface area contributed by atoms with Crippen molar-refractivity contribution in [3.8, 4) is 0 Å². The summed E-state index contributed by atoms with van der Waals surface area (Å²) in [6.07, 6.45) is 2.86. The fraction of sp³-hybridized carbons (Fsp3) is 0.800. The summed E-state index contributed by atoms with van der Waals surface area (Å²) in [5.74, 6) is -0.465. The molecule has 0 aliphatic carbocycles. The molecule has 0 aromatic heterocycles. The molecule has 2 rings (SSSR count). The Kier molecular flexibility index (Phi) is 6.83. The minimum atomic E-state index is -0.843. The summed E-state index contributed by atoms with van der Waals surface area (Å²) >= 11 is 0. The maximum absolute atomic E-state index is 12.5. The topological polar surface area (TPSA) is 81.8 Å². The van der Waals surface area contributed by atoms with E-state index in [1.807, 2.05) is 13.8 Å². The third kappa shape index (κ3) is 3.77. The van der Waals surface area contributed by atoms with Gasteiger partial charge in [0, 0.05) is 13.1 Å². The normalized spacial score (nSPS) is 20.9. The molecule has 7 nitrogen and oxygen atoms in total. The molecule has 2 fully saturated rings. The second kappa shape index (κ2) is 7.97. The SMILES string of the molecule is CCC1(CC)NC(=O)N(CC(=O)N(C)C2CCNCC2)C1=O.Cl. The van der Waals surface area contributed by atoms with Gasteiger partial charge in [-0.05, 0) is 38.8 Å². The van der Waals surface area contributed by atoms with Crippen molar-refractivity contribution in [3.05, 3.63) is 0 Å². The summed E-state index contributed by atoms with van der Waals surface area (Å²) in [5, 5.41) is 6.00. The van der Waals surface area contributed by atoms with Gasteiger partial charge in [-0.2, -0.15) is 0 Å². The molecule has 0 unspecified atom stereocenters. The molecule has 2 N–H and O–H groups in total. The smallest absolute Gasteiger partial charge is 0.325 e. The van der Waals surface area contributed by atoms with E-state index in [0.29, 0.717) is 12.8 Å². The molecule has 0 aromatic carbocycles. The van der Waals surface area contributed by atoms with Crippen molar-refractivity contribution < 1.29 is 14.4 Å². The van der Waals surface area contributed by atoms with E-state index in [-0.39, 0.29) is 36.8 Å². The van der Waals surface area contributed by atoms with Crippen molar-refractivity contribution in [2.45, 2.75) is 51.1 Å². The molecule has 0 saturated carbocycles. The average molecular weight is 347 g/mol. The number of imide groups is 1. The van der Waals surface area contributed by atoms with E-state index in [0.717, 1.165) is 30.8 Å². The molecule has 0 aromatic rings. The monoisotopic (exact) mass is 346 g/mol. The maximum atomic E-state index is 12.5. The number of urea groups is 1. The van der Waals surface area contributed by atoms with Crippen LogP contribution in [0, 0.1) is 0 Å². The van der Waals surface area contributed by atoms with Gasteiger partial charge >= 0.3 is 6.03 Å². The van der Waals surface area contributed by atoms with E-state index in [1.54, 1.807) is 11.9 Å². The highest BCUT2D eigenvalue weighted by Gasteiger charge is 2.49. The number of piperidine rings is 1. The average Bonchev–Trinajstić information content (AvgIpc) is 2.79. The summed E-state index contributed by atoms with van der Waals surface area (Å²) in [5.41, 5.74) is -0.843. The van der Waals surface area contributed by atoms with Crippen LogP contribution in [0.5, 0.6) is 0 Å². The minimum Gasteiger partial charge on any atom is -0.341 e. The highest BCUT2D eigenvalue weighted by Crippen LogP contribution is 2.25. The number of rotatable bonds is 5. The van der Waals surface area contributed by atoms with Crippen LogP contribution < -0.4 is 10.6 Å². The molecule has 2 heterocycles. The number of carbonyl (C=O) groups is 3. The number of nitrogens with zero attached hydrogens (tertiary/aromatic N) is 2. The quantitative estimate of drug-likeness (QED) is 0.719. The second-order valence-electron chi connectivity index (χ2n) is 6.10. The molecule has 2 saturated heterocycles. The molecular formula is C15H27ClN4O3. The van der Waals surface area contributed by atoms with Crippen LogP contribution in [0.3, 0.4) is 0 Å². The van der Waals surface area contributed by atoms with Gasteiger partial charge in [-0.15, -0.1) is 12.4 Å². The van der Waals surface area contributed by atoms with Gasteiger partial charge in [-0.1, -0.05) is 13.8 Å². The zero-order chi connectivity index (χ0) is 16.3. The first-order valence-electron chi connectivity index (χ1n) is 8.05. The van der Waals surface area contributed by atoms with Crippen LogP contribution in [0.4, 0.5) is 4.79 Å². The molecule has 2 aliphatic heterocycles. The minimum absolute atomic E-state index is 0. The number of likely N-dealkylation sites (N-methyl/N-ethyl adjacent to an activating group) is 1. The van der Waals surface area contributed by atoms with Crippen molar-refractivity contribution in [3.63, 3.8) is 0 Å². The summed E-state index contributed by atoms with van der Waals surface area (Å²) in [4.78, 5) is 39.7. The largest absolute Gasteiger partial charge is 0.341 e. The van der Waals surface area contributed by atoms with Gasteiger partial charge in [0.25, 0.3) is 5.91 Å². The van der Waals surface area contributed by atoms with Crippen LogP contribution >= 0.6 is 12.4 Å². The van der Waals surface area contributed by atoms with Crippen molar-refractivity contribution in [1.29, 1.82) is 0 Å². The second-order valence-corrected chi connectivity index (χ2v) is 6.10. The Morgan fingerprint density at radius 2 is 1.83 bits per heavy atom. The predicted molar refractivity (Wildman–Crippen MR) is 89.5 cm³/mol. The molecule has 0 radical (unpaired) electrons. The number of hydrogen-bond donors (Lipinski definition) is 2. The van der Waals surface area contributed by atoms with Gasteiger partial charge < -0.3 is 15.5 Å². The summed E-state index contributed by atoms with van der Waals surface area (Å²) < 4.78 is 0. The van der Waals surface area contributed by atoms with E-state index < -0.39 is 11.6 Å². The van der Waals surface area contributed by atoms with Gasteiger partial charge in [-0.25, -0.2) is 4.79 Å². The molecule has 2 aliphatic rings. The van der Waals surface area contributed by atoms with Gasteiger partial charge in [0.1, 0.15) is 12.1 Å². The van der Waals surface area contributed by atoms with Crippen LogP contribution in [-0.2, 0) is 9.59 Å². The number of hydrogen-bond acceptors (Lipinski definition) is 4. The molecule has 132 valence electrons. The Hall–Kier alpha value is -1.34. The van der Waals surface area contributed by atoms with Crippen molar-refractivity contribution in [2.24, 2.45) is 0 Å². The van der Waals surface area contributed by atoms with E-state index >= 15 is 0 Å². The fourth-order valence-corrected chi connectivity index (χ4v) is 3.19. The Labute approximate surface area is 143 Å². The Morgan fingerprint density at radius 3 is 2.30 bits per heavy atom. The summed E-state index contributed by atoms with van der Waals surface area (Å²) in [6, 6.07) is -0.280. The maximum Gasteiger partial charge on any atom is 0.325 e. The Balaban J connectivity index is 0.00000264. The molecule has 23 heavy (non-hydrogen) atoms. The standard InChI is InChI=1S/C15H26N4O3.ClH/c1-4-15(5-2)13(21)19(14(22)17-15)10-12(20)18(3)11-6-8-16-9-7-11;/h11,16H,4-10H2,1-3H3,(H,17,22);1H. The Morgan fingerprint density at radius 1 is 1.26 bits per heavy atom. The van der Waals surface area contributed by atoms with Crippen LogP contribution in [0.2, 0.25) is 0 Å². The zero-order valence-corrected chi connectivity index (χ0v) is 14.9.